The van der Waals surface area contributed by atoms with Crippen molar-refractivity contribution in [3.05, 3.63) is 47.6 Å². The molecule has 2 rings (SSSR count). The number of nitrogens with zero attached hydrogens (tertiary/aromatic N) is 4. The molecule has 0 saturated heterocycles. The fraction of sp³-hybridized carbons (Fsp3) is 0.636. The molecular formula is C22H34N4. The van der Waals surface area contributed by atoms with E-state index in [1.54, 1.807) is 6.33 Å². The minimum atomic E-state index is -0.0205. The Morgan fingerprint density at radius 3 is 2.00 bits per heavy atom. The Kier molecular flexibility index (Phi) is 6.15. The van der Waals surface area contributed by atoms with Gasteiger partial charge in [-0.3, -0.25) is 0 Å². The average Bonchev–Trinajstić information content (AvgIpc) is 2.58. The number of aromatic nitrogens is 4. The molecule has 0 fully saturated rings. The summed E-state index contributed by atoms with van der Waals surface area (Å²) in [7, 11) is 0. The molecule has 2 atom stereocenters. The highest BCUT2D eigenvalue weighted by atomic mass is 14.9. The van der Waals surface area contributed by atoms with Crippen LogP contribution in [-0.2, 0) is 10.8 Å². The van der Waals surface area contributed by atoms with Gasteiger partial charge >= 0.3 is 0 Å². The quantitative estimate of drug-likeness (QED) is 0.706. The van der Waals surface area contributed by atoms with Crippen molar-refractivity contribution >= 4 is 0 Å². The highest BCUT2D eigenvalue weighted by Gasteiger charge is 2.20. The Morgan fingerprint density at radius 1 is 0.808 bits per heavy atom. The minimum Gasteiger partial charge on any atom is -0.241 e. The zero-order valence-corrected chi connectivity index (χ0v) is 17.7. The van der Waals surface area contributed by atoms with E-state index >= 15 is 0 Å². The van der Waals surface area contributed by atoms with Crippen LogP contribution in [0.4, 0.5) is 0 Å². The van der Waals surface area contributed by atoms with Crippen LogP contribution in [0.2, 0.25) is 0 Å². The van der Waals surface area contributed by atoms with E-state index in [1.807, 2.05) is 12.3 Å². The highest BCUT2D eigenvalue weighted by molar-refractivity contribution is 5.18. The molecule has 2 aromatic heterocycles. The lowest BCUT2D eigenvalue weighted by Gasteiger charge is -2.21. The van der Waals surface area contributed by atoms with Crippen molar-refractivity contribution in [1.82, 2.24) is 19.9 Å². The van der Waals surface area contributed by atoms with E-state index in [0.717, 1.165) is 35.7 Å². The molecule has 0 N–H and O–H groups in total. The summed E-state index contributed by atoms with van der Waals surface area (Å²) in [6.07, 6.45) is 5.76. The first-order valence-corrected chi connectivity index (χ1v) is 9.64. The van der Waals surface area contributed by atoms with Gasteiger partial charge in [-0.2, -0.15) is 0 Å². The zero-order valence-electron chi connectivity index (χ0n) is 17.7. The molecule has 0 amide bonds. The van der Waals surface area contributed by atoms with Crippen LogP contribution >= 0.6 is 0 Å². The first kappa shape index (κ1) is 20.5. The van der Waals surface area contributed by atoms with E-state index in [1.165, 1.54) is 0 Å². The third kappa shape index (κ3) is 5.33. The Hall–Kier alpha value is -1.84. The molecule has 4 heteroatoms. The first-order chi connectivity index (χ1) is 12.0. The van der Waals surface area contributed by atoms with Gasteiger partial charge in [0.1, 0.15) is 12.2 Å². The lowest BCUT2D eigenvalue weighted by Crippen LogP contribution is -2.17. The minimum absolute atomic E-state index is 0.0205. The van der Waals surface area contributed by atoms with Gasteiger partial charge in [-0.05, 0) is 36.8 Å². The van der Waals surface area contributed by atoms with Gasteiger partial charge in [-0.1, -0.05) is 55.4 Å². The van der Waals surface area contributed by atoms with Crippen LogP contribution in [0.15, 0.2) is 24.7 Å². The summed E-state index contributed by atoms with van der Waals surface area (Å²) in [6, 6.07) is 4.21. The van der Waals surface area contributed by atoms with Gasteiger partial charge in [-0.15, -0.1) is 0 Å². The predicted octanol–water partition coefficient (Wildman–Crippen LogP) is 5.55. The molecule has 2 heterocycles. The third-order valence-electron chi connectivity index (χ3n) is 4.85. The van der Waals surface area contributed by atoms with Crippen molar-refractivity contribution < 1.29 is 0 Å². The number of hydrogen-bond donors (Lipinski definition) is 0. The van der Waals surface area contributed by atoms with Crippen LogP contribution in [-0.4, -0.2) is 19.9 Å². The van der Waals surface area contributed by atoms with Crippen molar-refractivity contribution in [1.29, 1.82) is 0 Å². The van der Waals surface area contributed by atoms with E-state index in [4.69, 9.17) is 4.98 Å². The molecule has 0 saturated carbocycles. The summed E-state index contributed by atoms with van der Waals surface area (Å²) in [4.78, 5) is 18.2. The van der Waals surface area contributed by atoms with Crippen LogP contribution in [0.1, 0.15) is 103 Å². The van der Waals surface area contributed by atoms with Crippen molar-refractivity contribution in [2.75, 3.05) is 0 Å². The largest absolute Gasteiger partial charge is 0.241 e. The Morgan fingerprint density at radius 2 is 1.42 bits per heavy atom. The molecule has 2 unspecified atom stereocenters. The first-order valence-electron chi connectivity index (χ1n) is 9.64. The monoisotopic (exact) mass is 354 g/mol. The van der Waals surface area contributed by atoms with Crippen molar-refractivity contribution in [3.8, 4) is 0 Å². The summed E-state index contributed by atoms with van der Waals surface area (Å²) in [5, 5.41) is 0. The van der Waals surface area contributed by atoms with Crippen LogP contribution < -0.4 is 0 Å². The van der Waals surface area contributed by atoms with E-state index in [-0.39, 0.29) is 10.8 Å². The molecule has 0 aliphatic heterocycles. The molecule has 0 spiro atoms. The molecular weight excluding hydrogens is 320 g/mol. The normalized spacial score (nSPS) is 14.9. The van der Waals surface area contributed by atoms with Gasteiger partial charge in [0.2, 0.25) is 0 Å². The van der Waals surface area contributed by atoms with Gasteiger partial charge in [0.25, 0.3) is 0 Å². The van der Waals surface area contributed by atoms with E-state index in [2.05, 4.69) is 76.4 Å². The Balaban J connectivity index is 2.04. The smallest absolute Gasteiger partial charge is 0.133 e. The van der Waals surface area contributed by atoms with E-state index < -0.39 is 0 Å². The van der Waals surface area contributed by atoms with Crippen LogP contribution in [0.5, 0.6) is 0 Å². The van der Waals surface area contributed by atoms with E-state index in [9.17, 15) is 0 Å². The van der Waals surface area contributed by atoms with Gasteiger partial charge in [0.15, 0.2) is 0 Å². The van der Waals surface area contributed by atoms with Crippen molar-refractivity contribution in [2.24, 2.45) is 0 Å². The van der Waals surface area contributed by atoms with Crippen molar-refractivity contribution in [2.45, 2.75) is 90.9 Å². The van der Waals surface area contributed by atoms with E-state index in [0.29, 0.717) is 11.8 Å². The topological polar surface area (TPSA) is 51.6 Å². The fourth-order valence-corrected chi connectivity index (χ4v) is 2.86. The van der Waals surface area contributed by atoms with Gasteiger partial charge in [-0.25, -0.2) is 19.9 Å². The summed E-state index contributed by atoms with van der Waals surface area (Å²) in [6.45, 7) is 17.5. The summed E-state index contributed by atoms with van der Waals surface area (Å²) >= 11 is 0. The molecule has 0 radical (unpaired) electrons. The second kappa shape index (κ2) is 7.81. The summed E-state index contributed by atoms with van der Waals surface area (Å²) < 4.78 is 0. The average molecular weight is 355 g/mol. The van der Waals surface area contributed by atoms with Gasteiger partial charge in [0, 0.05) is 34.1 Å². The SMILES string of the molecule is CC(CCC(C)c1ccnc(C(C)(C)C)n1)c1cc(C(C)(C)C)ncn1. The maximum absolute atomic E-state index is 4.80. The molecule has 0 aliphatic carbocycles. The maximum Gasteiger partial charge on any atom is 0.133 e. The van der Waals surface area contributed by atoms with Crippen LogP contribution in [0, 0.1) is 0 Å². The second-order valence-corrected chi connectivity index (χ2v) is 9.51. The molecule has 2 aromatic rings. The Labute approximate surface area is 158 Å². The van der Waals surface area contributed by atoms with Crippen molar-refractivity contribution in [3.63, 3.8) is 0 Å². The molecule has 4 nitrogen and oxygen atoms in total. The fourth-order valence-electron chi connectivity index (χ4n) is 2.86. The summed E-state index contributed by atoms with van der Waals surface area (Å²) in [5.41, 5.74) is 3.40. The predicted molar refractivity (Wildman–Crippen MR) is 108 cm³/mol. The Bertz CT molecular complexity index is 662. The van der Waals surface area contributed by atoms with Gasteiger partial charge in [0.05, 0.1) is 0 Å². The third-order valence-corrected chi connectivity index (χ3v) is 4.85. The molecule has 0 aliphatic rings. The molecule has 26 heavy (non-hydrogen) atoms. The van der Waals surface area contributed by atoms with Gasteiger partial charge < -0.3 is 0 Å². The lowest BCUT2D eigenvalue weighted by molar-refractivity contribution is 0.520. The lowest BCUT2D eigenvalue weighted by atomic mass is 9.89. The number of rotatable bonds is 5. The number of hydrogen-bond acceptors (Lipinski definition) is 4. The standard InChI is InChI=1S/C22H34N4/c1-15(17-11-12-23-20(26-17)22(6,7)8)9-10-16(2)18-13-19(21(3,4)5)25-14-24-18/h11-16H,9-10H2,1-8H3. The summed E-state index contributed by atoms with van der Waals surface area (Å²) in [5.74, 6) is 1.73. The van der Waals surface area contributed by atoms with Crippen LogP contribution in [0.3, 0.4) is 0 Å². The highest BCUT2D eigenvalue weighted by Crippen LogP contribution is 2.28. The second-order valence-electron chi connectivity index (χ2n) is 9.51. The van der Waals surface area contributed by atoms with Crippen LogP contribution in [0.25, 0.3) is 0 Å². The molecule has 142 valence electrons. The molecule has 0 aromatic carbocycles. The molecule has 0 bridgehead atoms. The maximum atomic E-state index is 4.80. The zero-order chi connectivity index (χ0) is 19.5.